The largest absolute Gasteiger partial charge is 0.485 e. The zero-order valence-electron chi connectivity index (χ0n) is 19.0. The van der Waals surface area contributed by atoms with Crippen molar-refractivity contribution in [1.29, 1.82) is 0 Å². The molecular formula is C25H24ClFN4O3. The SMILES string of the molecule is Cc1cc(OCc2ccc(C(=O)Nc3ncn(Cc4cccc(F)c4)n3)o2)c(C(C)C)cc1Cl. The number of furan rings is 1. The molecule has 0 aliphatic rings. The molecule has 34 heavy (non-hydrogen) atoms. The minimum absolute atomic E-state index is 0.108. The molecule has 2 heterocycles. The smallest absolute Gasteiger partial charge is 0.293 e. The minimum Gasteiger partial charge on any atom is -0.485 e. The van der Waals surface area contributed by atoms with E-state index in [1.165, 1.54) is 23.1 Å². The van der Waals surface area contributed by atoms with Crippen molar-refractivity contribution in [3.05, 3.63) is 93.9 Å². The predicted octanol–water partition coefficient (Wildman–Crippen LogP) is 5.98. The van der Waals surface area contributed by atoms with E-state index < -0.39 is 5.91 Å². The third kappa shape index (κ3) is 5.63. The van der Waals surface area contributed by atoms with Gasteiger partial charge < -0.3 is 9.15 Å². The number of halogens is 2. The fourth-order valence-corrected chi connectivity index (χ4v) is 3.56. The van der Waals surface area contributed by atoms with Crippen LogP contribution in [0.4, 0.5) is 10.3 Å². The number of hydrogen-bond donors (Lipinski definition) is 1. The van der Waals surface area contributed by atoms with Crippen LogP contribution in [-0.4, -0.2) is 20.7 Å². The summed E-state index contributed by atoms with van der Waals surface area (Å²) in [6.45, 7) is 6.54. The number of amides is 1. The number of hydrogen-bond acceptors (Lipinski definition) is 5. The highest BCUT2D eigenvalue weighted by atomic mass is 35.5. The van der Waals surface area contributed by atoms with E-state index in [2.05, 4.69) is 29.2 Å². The fourth-order valence-electron chi connectivity index (χ4n) is 3.39. The Bertz CT molecular complexity index is 1320. The molecular weight excluding hydrogens is 459 g/mol. The second-order valence-corrected chi connectivity index (χ2v) is 8.61. The van der Waals surface area contributed by atoms with Gasteiger partial charge in [-0.2, -0.15) is 0 Å². The van der Waals surface area contributed by atoms with Gasteiger partial charge >= 0.3 is 0 Å². The Morgan fingerprint density at radius 2 is 2.06 bits per heavy atom. The molecule has 0 bridgehead atoms. The highest BCUT2D eigenvalue weighted by molar-refractivity contribution is 6.31. The van der Waals surface area contributed by atoms with E-state index in [1.807, 2.05) is 19.1 Å². The molecule has 0 fully saturated rings. The van der Waals surface area contributed by atoms with Crippen LogP contribution in [0.15, 0.2) is 59.3 Å². The number of benzene rings is 2. The predicted molar refractivity (Wildman–Crippen MR) is 127 cm³/mol. The Kier molecular flexibility index (Phi) is 6.98. The van der Waals surface area contributed by atoms with Gasteiger partial charge in [0.25, 0.3) is 5.91 Å². The average molecular weight is 483 g/mol. The number of rotatable bonds is 8. The molecule has 0 saturated heterocycles. The molecule has 1 N–H and O–H groups in total. The Balaban J connectivity index is 1.37. The molecule has 0 saturated carbocycles. The maximum Gasteiger partial charge on any atom is 0.293 e. The van der Waals surface area contributed by atoms with Gasteiger partial charge in [-0.25, -0.2) is 14.1 Å². The quantitative estimate of drug-likeness (QED) is 0.334. The van der Waals surface area contributed by atoms with Crippen molar-refractivity contribution in [3.63, 3.8) is 0 Å². The summed E-state index contributed by atoms with van der Waals surface area (Å²) in [7, 11) is 0. The van der Waals surface area contributed by atoms with Gasteiger partial charge in [-0.1, -0.05) is 37.6 Å². The van der Waals surface area contributed by atoms with Gasteiger partial charge in [0.05, 0.1) is 6.54 Å². The lowest BCUT2D eigenvalue weighted by atomic mass is 10.0. The van der Waals surface area contributed by atoms with Crippen LogP contribution in [0.25, 0.3) is 0 Å². The highest BCUT2D eigenvalue weighted by Crippen LogP contribution is 2.32. The lowest BCUT2D eigenvalue weighted by Gasteiger charge is -2.15. The Hall–Kier alpha value is -3.65. The molecule has 1 amide bonds. The van der Waals surface area contributed by atoms with Crippen LogP contribution in [0.3, 0.4) is 0 Å². The lowest BCUT2D eigenvalue weighted by molar-refractivity contribution is 0.0991. The third-order valence-corrected chi connectivity index (χ3v) is 5.57. The Morgan fingerprint density at radius 1 is 1.24 bits per heavy atom. The first-order valence-corrected chi connectivity index (χ1v) is 11.1. The van der Waals surface area contributed by atoms with Crippen LogP contribution in [0.1, 0.15) is 52.8 Å². The van der Waals surface area contributed by atoms with E-state index in [1.54, 1.807) is 24.3 Å². The second-order valence-electron chi connectivity index (χ2n) is 8.20. The van der Waals surface area contributed by atoms with Crippen LogP contribution in [0.2, 0.25) is 5.02 Å². The van der Waals surface area contributed by atoms with E-state index in [4.69, 9.17) is 20.8 Å². The van der Waals surface area contributed by atoms with Crippen LogP contribution in [0, 0.1) is 12.7 Å². The number of carbonyl (C=O) groups is 1. The number of nitrogens with zero attached hydrogens (tertiary/aromatic N) is 3. The molecule has 2 aromatic carbocycles. The van der Waals surface area contributed by atoms with Crippen molar-refractivity contribution in [3.8, 4) is 5.75 Å². The highest BCUT2D eigenvalue weighted by Gasteiger charge is 2.16. The zero-order chi connectivity index (χ0) is 24.2. The fraction of sp³-hybridized carbons (Fsp3) is 0.240. The van der Waals surface area contributed by atoms with Crippen LogP contribution >= 0.6 is 11.6 Å². The van der Waals surface area contributed by atoms with Crippen molar-refractivity contribution in [2.75, 3.05) is 5.32 Å². The summed E-state index contributed by atoms with van der Waals surface area (Å²) in [5.41, 5.74) is 2.65. The monoisotopic (exact) mass is 482 g/mol. The van der Waals surface area contributed by atoms with Gasteiger partial charge in [0.2, 0.25) is 5.95 Å². The first-order valence-electron chi connectivity index (χ1n) is 10.8. The van der Waals surface area contributed by atoms with Crippen LogP contribution in [0.5, 0.6) is 5.75 Å². The van der Waals surface area contributed by atoms with E-state index >= 15 is 0 Å². The molecule has 9 heteroatoms. The summed E-state index contributed by atoms with van der Waals surface area (Å²) < 4.78 is 26.5. The standard InChI is InChI=1S/C25H24ClFN4O3/c1-15(2)20-11-21(26)16(3)9-23(20)33-13-19-7-8-22(34-19)24(32)29-25-28-14-31(30-25)12-17-5-4-6-18(27)10-17/h4-11,14-15H,12-13H2,1-3H3,(H,29,30,32). The molecule has 0 atom stereocenters. The lowest BCUT2D eigenvalue weighted by Crippen LogP contribution is -2.12. The first kappa shape index (κ1) is 23.5. The first-order chi connectivity index (χ1) is 16.3. The zero-order valence-corrected chi connectivity index (χ0v) is 19.8. The van der Waals surface area contributed by atoms with Crippen molar-refractivity contribution >= 4 is 23.5 Å². The van der Waals surface area contributed by atoms with Crippen molar-refractivity contribution < 1.29 is 18.3 Å². The van der Waals surface area contributed by atoms with Gasteiger partial charge in [0.15, 0.2) is 5.76 Å². The molecule has 0 aliphatic carbocycles. The molecule has 0 unspecified atom stereocenters. The number of aromatic nitrogens is 3. The van der Waals surface area contributed by atoms with E-state index in [-0.39, 0.29) is 30.1 Å². The summed E-state index contributed by atoms with van der Waals surface area (Å²) in [5, 5.41) is 7.49. The summed E-state index contributed by atoms with van der Waals surface area (Å²) in [4.78, 5) is 16.6. The van der Waals surface area contributed by atoms with Crippen molar-refractivity contribution in [2.24, 2.45) is 0 Å². The molecule has 0 aliphatic heterocycles. The van der Waals surface area contributed by atoms with Gasteiger partial charge in [0.1, 0.15) is 30.3 Å². The number of ether oxygens (including phenoxy) is 1. The molecule has 7 nitrogen and oxygen atoms in total. The van der Waals surface area contributed by atoms with Crippen molar-refractivity contribution in [1.82, 2.24) is 14.8 Å². The second kappa shape index (κ2) is 10.1. The molecule has 176 valence electrons. The maximum absolute atomic E-state index is 13.3. The van der Waals surface area contributed by atoms with Crippen molar-refractivity contribution in [2.45, 2.75) is 39.8 Å². The topological polar surface area (TPSA) is 82.2 Å². The number of anilines is 1. The van der Waals surface area contributed by atoms with Crippen LogP contribution in [-0.2, 0) is 13.2 Å². The molecule has 4 rings (SSSR count). The van der Waals surface area contributed by atoms with Gasteiger partial charge in [-0.05, 0) is 65.9 Å². The van der Waals surface area contributed by atoms with Gasteiger partial charge in [0, 0.05) is 5.02 Å². The van der Waals surface area contributed by atoms with Crippen LogP contribution < -0.4 is 10.1 Å². The molecule has 0 radical (unpaired) electrons. The summed E-state index contributed by atoms with van der Waals surface area (Å²) >= 11 is 6.25. The summed E-state index contributed by atoms with van der Waals surface area (Å²) in [6, 6.07) is 13.3. The summed E-state index contributed by atoms with van der Waals surface area (Å²) in [6.07, 6.45) is 1.46. The Morgan fingerprint density at radius 3 is 2.82 bits per heavy atom. The normalized spacial score (nSPS) is 11.1. The van der Waals surface area contributed by atoms with E-state index in [0.29, 0.717) is 17.3 Å². The number of aryl methyl sites for hydroxylation is 1. The molecule has 2 aromatic heterocycles. The molecule has 0 spiro atoms. The third-order valence-electron chi connectivity index (χ3n) is 5.16. The Labute approximate surface area is 201 Å². The van der Waals surface area contributed by atoms with Gasteiger partial charge in [-0.15, -0.1) is 5.10 Å². The maximum atomic E-state index is 13.3. The summed E-state index contributed by atoms with van der Waals surface area (Å²) in [5.74, 6) is 0.879. The van der Waals surface area contributed by atoms with E-state index in [0.717, 1.165) is 22.4 Å². The number of carbonyl (C=O) groups excluding carboxylic acids is 1. The van der Waals surface area contributed by atoms with Gasteiger partial charge in [-0.3, -0.25) is 10.1 Å². The average Bonchev–Trinajstić information content (AvgIpc) is 3.44. The number of nitrogens with one attached hydrogen (secondary N) is 1. The minimum atomic E-state index is -0.486. The molecule has 4 aromatic rings. The van der Waals surface area contributed by atoms with E-state index in [9.17, 15) is 9.18 Å².